The van der Waals surface area contributed by atoms with Crippen LogP contribution in [0.15, 0.2) is 82.6 Å². The zero-order valence-corrected chi connectivity index (χ0v) is 24.5. The van der Waals surface area contributed by atoms with Gasteiger partial charge in [-0.2, -0.15) is 0 Å². The number of para-hydroxylation sites is 1. The molecule has 0 spiro atoms. The average Bonchev–Trinajstić information content (AvgIpc) is 3.41. The normalized spacial score (nSPS) is 19.6. The van der Waals surface area contributed by atoms with Crippen LogP contribution in [0, 0.1) is 5.92 Å². The number of imide groups is 1. The molecule has 1 N–H and O–H groups in total. The number of hydrogen-bond acceptors (Lipinski definition) is 7. The highest BCUT2D eigenvalue weighted by molar-refractivity contribution is 8.00. The smallest absolute Gasteiger partial charge is 0.308 e. The monoisotopic (exact) mass is 625 g/mol. The van der Waals surface area contributed by atoms with Crippen LogP contribution in [0.3, 0.4) is 0 Å². The van der Waals surface area contributed by atoms with Gasteiger partial charge in [-0.25, -0.2) is 4.90 Å². The van der Waals surface area contributed by atoms with Crippen molar-refractivity contribution in [1.29, 1.82) is 0 Å². The van der Waals surface area contributed by atoms with Gasteiger partial charge in [0.25, 0.3) is 0 Å². The lowest BCUT2D eigenvalue weighted by atomic mass is 9.83. The van der Waals surface area contributed by atoms with Crippen LogP contribution >= 0.6 is 46.3 Å². The molecule has 8 nitrogen and oxygen atoms in total. The van der Waals surface area contributed by atoms with Crippen molar-refractivity contribution in [3.8, 4) is 5.75 Å². The number of ether oxygens (including phenoxy) is 1. The molecule has 2 aliphatic heterocycles. The van der Waals surface area contributed by atoms with Crippen molar-refractivity contribution >= 4 is 75.4 Å². The Kier molecular flexibility index (Phi) is 7.41. The molecular formula is C29H21Cl2N3O5S2. The van der Waals surface area contributed by atoms with E-state index in [0.717, 1.165) is 23.1 Å². The van der Waals surface area contributed by atoms with Crippen molar-refractivity contribution in [1.82, 2.24) is 4.57 Å². The minimum atomic E-state index is -0.833. The van der Waals surface area contributed by atoms with Gasteiger partial charge in [0.1, 0.15) is 17.5 Å². The third-order valence-corrected chi connectivity index (χ3v) is 10.5. The lowest BCUT2D eigenvalue weighted by Crippen LogP contribution is -2.33. The maximum Gasteiger partial charge on any atom is 0.308 e. The molecule has 0 aliphatic carbocycles. The van der Waals surface area contributed by atoms with Crippen LogP contribution in [-0.2, 0) is 20.9 Å². The summed E-state index contributed by atoms with van der Waals surface area (Å²) >= 11 is 15.1. The molecule has 1 saturated heterocycles. The summed E-state index contributed by atoms with van der Waals surface area (Å²) in [6.07, 6.45) is 0. The lowest BCUT2D eigenvalue weighted by Gasteiger charge is -2.31. The first-order chi connectivity index (χ1) is 19.8. The van der Waals surface area contributed by atoms with Crippen molar-refractivity contribution < 1.29 is 19.1 Å². The Morgan fingerprint density at radius 2 is 1.68 bits per heavy atom. The summed E-state index contributed by atoms with van der Waals surface area (Å²) in [6, 6.07) is 20.6. The topological polar surface area (TPSA) is 97.7 Å². The van der Waals surface area contributed by atoms with Crippen LogP contribution in [0.2, 0.25) is 10.0 Å². The van der Waals surface area contributed by atoms with Gasteiger partial charge in [0.2, 0.25) is 17.7 Å². The SMILES string of the molecule is COc1ccc(NC(=O)Cn2c3c(sc2=O)C(c2cccc(Cl)c2Cl)C2C(=O)N(c4ccccc4)C(=O)C2S3)cc1. The van der Waals surface area contributed by atoms with Gasteiger partial charge in [-0.1, -0.05) is 76.6 Å². The van der Waals surface area contributed by atoms with Gasteiger partial charge < -0.3 is 10.1 Å². The average molecular weight is 627 g/mol. The Bertz CT molecular complexity index is 1740. The van der Waals surface area contributed by atoms with Crippen molar-refractivity contribution in [3.05, 3.63) is 103 Å². The van der Waals surface area contributed by atoms with Gasteiger partial charge in [-0.3, -0.25) is 23.7 Å². The van der Waals surface area contributed by atoms with Crippen LogP contribution in [0.25, 0.3) is 0 Å². The Balaban J connectivity index is 1.41. The van der Waals surface area contributed by atoms with E-state index in [9.17, 15) is 19.2 Å². The van der Waals surface area contributed by atoms with E-state index in [1.165, 1.54) is 9.47 Å². The van der Waals surface area contributed by atoms with Gasteiger partial charge in [0.15, 0.2) is 0 Å². The van der Waals surface area contributed by atoms with E-state index in [1.807, 2.05) is 0 Å². The Labute approximate surface area is 252 Å². The highest BCUT2D eigenvalue weighted by atomic mass is 35.5. The summed E-state index contributed by atoms with van der Waals surface area (Å²) in [5.41, 5.74) is 1.55. The summed E-state index contributed by atoms with van der Waals surface area (Å²) in [4.78, 5) is 55.4. The molecule has 41 heavy (non-hydrogen) atoms. The summed E-state index contributed by atoms with van der Waals surface area (Å²) < 4.78 is 6.51. The molecule has 3 heterocycles. The van der Waals surface area contributed by atoms with Crippen LogP contribution in [0.1, 0.15) is 16.4 Å². The van der Waals surface area contributed by atoms with E-state index >= 15 is 0 Å². The largest absolute Gasteiger partial charge is 0.497 e. The van der Waals surface area contributed by atoms with Crippen molar-refractivity contribution in [2.45, 2.75) is 22.7 Å². The molecule has 0 radical (unpaired) electrons. The maximum absolute atomic E-state index is 13.9. The number of halogens is 2. The predicted molar refractivity (Wildman–Crippen MR) is 161 cm³/mol. The first kappa shape index (κ1) is 27.6. The van der Waals surface area contributed by atoms with E-state index in [4.69, 9.17) is 27.9 Å². The second kappa shape index (κ2) is 11.0. The fourth-order valence-electron chi connectivity index (χ4n) is 5.20. The fraction of sp³-hybridized carbons (Fsp3) is 0.172. The highest BCUT2D eigenvalue weighted by Crippen LogP contribution is 2.55. The first-order valence-corrected chi connectivity index (χ1v) is 14.9. The number of nitrogens with zero attached hydrogens (tertiary/aromatic N) is 2. The Morgan fingerprint density at radius 1 is 0.951 bits per heavy atom. The van der Waals surface area contributed by atoms with E-state index in [2.05, 4.69) is 5.32 Å². The zero-order chi connectivity index (χ0) is 28.8. The number of carbonyl (C=O) groups excluding carboxylic acids is 3. The number of benzene rings is 3. The van der Waals surface area contributed by atoms with E-state index in [0.29, 0.717) is 37.6 Å². The number of anilines is 2. The molecule has 0 saturated carbocycles. The number of thioether (sulfide) groups is 1. The summed E-state index contributed by atoms with van der Waals surface area (Å²) in [5.74, 6) is -2.08. The minimum absolute atomic E-state index is 0.249. The van der Waals surface area contributed by atoms with Gasteiger partial charge in [0, 0.05) is 16.5 Å². The predicted octanol–water partition coefficient (Wildman–Crippen LogP) is 5.66. The number of carbonyl (C=O) groups is 3. The van der Waals surface area contributed by atoms with Crippen LogP contribution in [0.5, 0.6) is 5.75 Å². The van der Waals surface area contributed by atoms with E-state index in [-0.39, 0.29) is 22.3 Å². The molecule has 3 atom stereocenters. The highest BCUT2D eigenvalue weighted by Gasteiger charge is 2.57. The zero-order valence-electron chi connectivity index (χ0n) is 21.4. The maximum atomic E-state index is 13.9. The molecule has 6 rings (SSSR count). The molecular weight excluding hydrogens is 605 g/mol. The second-order valence-corrected chi connectivity index (χ2v) is 12.3. The molecule has 0 bridgehead atoms. The minimum Gasteiger partial charge on any atom is -0.497 e. The fourth-order valence-corrected chi connectivity index (χ4v) is 8.39. The number of methoxy groups -OCH3 is 1. The summed E-state index contributed by atoms with van der Waals surface area (Å²) in [7, 11) is 1.55. The second-order valence-electron chi connectivity index (χ2n) is 9.43. The molecule has 208 valence electrons. The van der Waals surface area contributed by atoms with Crippen LogP contribution in [-0.4, -0.2) is 34.6 Å². The molecule has 1 aromatic heterocycles. The molecule has 3 amide bonds. The number of hydrogen-bond donors (Lipinski definition) is 1. The molecule has 4 aromatic rings. The summed E-state index contributed by atoms with van der Waals surface area (Å²) in [6.45, 7) is -0.276. The van der Waals surface area contributed by atoms with Crippen LogP contribution < -0.4 is 19.8 Å². The number of rotatable bonds is 6. The van der Waals surface area contributed by atoms with Gasteiger partial charge >= 0.3 is 4.87 Å². The van der Waals surface area contributed by atoms with Gasteiger partial charge in [-0.15, -0.1) is 0 Å². The standard InChI is InChI=1S/C29H21Cl2N3O5S2/c1-39-17-12-10-15(11-13-17)32-20(35)14-33-28-25(41-29(33)38)21(18-8-5-9-19(30)23(18)31)22-24(40-28)27(37)34(26(22)36)16-6-3-2-4-7-16/h2-13,21-22,24H,14H2,1H3,(H,32,35). The number of nitrogens with one attached hydrogen (secondary N) is 1. The Hall–Kier alpha value is -3.57. The lowest BCUT2D eigenvalue weighted by molar-refractivity contribution is -0.122. The number of fused-ring (bicyclic) bond motifs is 2. The van der Waals surface area contributed by atoms with Crippen molar-refractivity contribution in [2.75, 3.05) is 17.3 Å². The number of aromatic nitrogens is 1. The molecule has 3 aromatic carbocycles. The summed E-state index contributed by atoms with van der Waals surface area (Å²) in [5, 5.41) is 2.96. The van der Waals surface area contributed by atoms with E-state index < -0.39 is 28.9 Å². The van der Waals surface area contributed by atoms with E-state index in [1.54, 1.807) is 79.9 Å². The third-order valence-electron chi connectivity index (χ3n) is 7.06. The first-order valence-electron chi connectivity index (χ1n) is 12.5. The van der Waals surface area contributed by atoms with Gasteiger partial charge in [-0.05, 0) is 48.0 Å². The van der Waals surface area contributed by atoms with Gasteiger partial charge in [0.05, 0.1) is 33.8 Å². The number of thiazole rings is 1. The quantitative estimate of drug-likeness (QED) is 0.278. The molecule has 1 fully saturated rings. The van der Waals surface area contributed by atoms with Crippen LogP contribution in [0.4, 0.5) is 11.4 Å². The number of amides is 3. The van der Waals surface area contributed by atoms with Crippen molar-refractivity contribution in [3.63, 3.8) is 0 Å². The molecule has 2 aliphatic rings. The molecule has 3 unspecified atom stereocenters. The third kappa shape index (κ3) is 4.84. The Morgan fingerprint density at radius 3 is 2.39 bits per heavy atom. The molecule has 12 heteroatoms. The van der Waals surface area contributed by atoms with Crippen molar-refractivity contribution in [2.24, 2.45) is 5.92 Å².